The van der Waals surface area contributed by atoms with E-state index in [1.54, 1.807) is 0 Å². The van der Waals surface area contributed by atoms with Crippen LogP contribution >= 0.6 is 0 Å². The van der Waals surface area contributed by atoms with Crippen molar-refractivity contribution in [2.75, 3.05) is 6.61 Å². The normalized spacial score (nSPS) is 13.8. The van der Waals surface area contributed by atoms with Crippen LogP contribution in [0.2, 0.25) is 0 Å². The summed E-state index contributed by atoms with van der Waals surface area (Å²) in [5.74, 6) is -0.158. The Morgan fingerprint density at radius 3 is 1.18 bits per heavy atom. The zero-order valence-electron chi connectivity index (χ0n) is 32.8. The molecule has 0 radical (unpaired) electrons. The highest BCUT2D eigenvalue weighted by atomic mass is 16.3. The van der Waals surface area contributed by atoms with E-state index >= 15 is 0 Å². The molecule has 3 atom stereocenters. The van der Waals surface area contributed by atoms with E-state index in [1.807, 2.05) is 0 Å². The van der Waals surface area contributed by atoms with E-state index in [4.69, 9.17) is 0 Å². The molecule has 0 aliphatic rings. The van der Waals surface area contributed by atoms with Crippen LogP contribution in [0.25, 0.3) is 0 Å². The van der Waals surface area contributed by atoms with Crippen molar-refractivity contribution in [3.05, 3.63) is 24.3 Å². The summed E-state index contributed by atoms with van der Waals surface area (Å²) in [6.07, 6.45) is 47.1. The van der Waals surface area contributed by atoms with Crippen LogP contribution in [0, 0.1) is 0 Å². The van der Waals surface area contributed by atoms with Gasteiger partial charge in [-0.1, -0.05) is 179 Å². The van der Waals surface area contributed by atoms with Crippen molar-refractivity contribution < 1.29 is 20.1 Å². The lowest BCUT2D eigenvalue weighted by atomic mass is 10.0. The van der Waals surface area contributed by atoms with Crippen molar-refractivity contribution in [1.29, 1.82) is 0 Å². The summed E-state index contributed by atoms with van der Waals surface area (Å²) in [5.41, 5.74) is 0. The number of aliphatic hydroxyl groups excluding tert-OH is 3. The summed E-state index contributed by atoms with van der Waals surface area (Å²) in [6.45, 7) is 4.17. The highest BCUT2D eigenvalue weighted by Crippen LogP contribution is 2.15. The van der Waals surface area contributed by atoms with Crippen LogP contribution in [0.1, 0.15) is 226 Å². The summed E-state index contributed by atoms with van der Waals surface area (Å²) in [6, 6.07) is -0.825. The van der Waals surface area contributed by atoms with E-state index in [2.05, 4.69) is 43.5 Å². The van der Waals surface area contributed by atoms with Gasteiger partial charge in [0.1, 0.15) is 6.10 Å². The smallest absolute Gasteiger partial charge is 0.220 e. The third-order valence-electron chi connectivity index (χ3n) is 10.0. The van der Waals surface area contributed by atoms with Gasteiger partial charge in [-0.05, 0) is 64.2 Å². The van der Waals surface area contributed by atoms with Gasteiger partial charge in [0.05, 0.1) is 18.8 Å². The molecule has 5 heteroatoms. The Bertz CT molecular complexity index is 724. The molecule has 3 unspecified atom stereocenters. The molecule has 290 valence electrons. The molecule has 49 heavy (non-hydrogen) atoms. The average molecular weight is 692 g/mol. The van der Waals surface area contributed by atoms with Crippen LogP contribution in [0.15, 0.2) is 24.3 Å². The van der Waals surface area contributed by atoms with Crippen LogP contribution in [0.5, 0.6) is 0 Å². The quantitative estimate of drug-likeness (QED) is 0.0381. The largest absolute Gasteiger partial charge is 0.394 e. The standard InChI is InChI=1S/C44H85NO4/c1-3-5-7-9-11-13-15-17-19-20-21-22-23-25-27-29-31-33-35-37-39-43(48)45-41(40-46)44(49)42(47)38-36-34-32-30-28-26-24-18-16-14-12-10-8-6-4-2/h21-22,30,32,41-42,44,46-47,49H,3-20,23-29,31,33-40H2,1-2H3,(H,45,48)/b22-21-,32-30+. The van der Waals surface area contributed by atoms with E-state index in [0.29, 0.717) is 12.8 Å². The lowest BCUT2D eigenvalue weighted by molar-refractivity contribution is -0.124. The van der Waals surface area contributed by atoms with E-state index in [-0.39, 0.29) is 12.5 Å². The van der Waals surface area contributed by atoms with Gasteiger partial charge in [-0.25, -0.2) is 0 Å². The molecule has 0 aromatic heterocycles. The summed E-state index contributed by atoms with van der Waals surface area (Å²) < 4.78 is 0. The van der Waals surface area contributed by atoms with Crippen LogP contribution in [0.3, 0.4) is 0 Å². The molecule has 4 N–H and O–H groups in total. The van der Waals surface area contributed by atoms with Crippen molar-refractivity contribution in [3.63, 3.8) is 0 Å². The van der Waals surface area contributed by atoms with Gasteiger partial charge in [-0.3, -0.25) is 4.79 Å². The van der Waals surface area contributed by atoms with Crippen LogP contribution in [-0.4, -0.2) is 46.1 Å². The Hall–Kier alpha value is -1.17. The van der Waals surface area contributed by atoms with Gasteiger partial charge in [-0.15, -0.1) is 0 Å². The molecule has 0 aliphatic heterocycles. The number of allylic oxidation sites excluding steroid dienone is 4. The maximum Gasteiger partial charge on any atom is 0.220 e. The number of amides is 1. The molecule has 0 spiro atoms. The Morgan fingerprint density at radius 1 is 0.490 bits per heavy atom. The minimum absolute atomic E-state index is 0.158. The second-order valence-corrected chi connectivity index (χ2v) is 14.9. The first-order valence-corrected chi connectivity index (χ1v) is 21.6. The molecule has 0 heterocycles. The second-order valence-electron chi connectivity index (χ2n) is 14.9. The topological polar surface area (TPSA) is 89.8 Å². The fraction of sp³-hybridized carbons (Fsp3) is 0.886. The zero-order valence-corrected chi connectivity index (χ0v) is 32.8. The SMILES string of the molecule is CCCCCCCCCCC/C=C\CCCCCCCCCC(=O)NC(CO)C(O)C(O)CCC/C=C/CCCCCCCCCCCC. The fourth-order valence-electron chi connectivity index (χ4n) is 6.63. The van der Waals surface area contributed by atoms with Crippen LogP contribution in [0.4, 0.5) is 0 Å². The third-order valence-corrected chi connectivity index (χ3v) is 10.0. The summed E-state index contributed by atoms with van der Waals surface area (Å²) in [4.78, 5) is 12.4. The van der Waals surface area contributed by atoms with Gasteiger partial charge < -0.3 is 20.6 Å². The Balaban J connectivity index is 3.67. The monoisotopic (exact) mass is 692 g/mol. The number of aliphatic hydroxyl groups is 3. The van der Waals surface area contributed by atoms with Crippen molar-refractivity contribution >= 4 is 5.91 Å². The number of rotatable bonds is 39. The number of nitrogens with one attached hydrogen (secondary N) is 1. The van der Waals surface area contributed by atoms with Gasteiger partial charge in [-0.2, -0.15) is 0 Å². The molecule has 0 aliphatic carbocycles. The van der Waals surface area contributed by atoms with E-state index in [0.717, 1.165) is 38.5 Å². The number of carbonyl (C=O) groups is 1. The third kappa shape index (κ3) is 35.0. The molecule has 0 rings (SSSR count). The summed E-state index contributed by atoms with van der Waals surface area (Å²) >= 11 is 0. The molecular formula is C44H85NO4. The summed E-state index contributed by atoms with van der Waals surface area (Å²) in [5, 5.41) is 33.5. The first-order valence-electron chi connectivity index (χ1n) is 21.6. The second kappa shape index (κ2) is 39.6. The predicted octanol–water partition coefficient (Wildman–Crippen LogP) is 12.2. The highest BCUT2D eigenvalue weighted by Gasteiger charge is 2.26. The van der Waals surface area contributed by atoms with Crippen molar-refractivity contribution in [2.24, 2.45) is 0 Å². The predicted molar refractivity (Wildman–Crippen MR) is 213 cm³/mol. The molecule has 1 amide bonds. The van der Waals surface area contributed by atoms with E-state index in [9.17, 15) is 20.1 Å². The van der Waals surface area contributed by atoms with Gasteiger partial charge in [0.15, 0.2) is 0 Å². The molecular weight excluding hydrogens is 606 g/mol. The van der Waals surface area contributed by atoms with Crippen molar-refractivity contribution in [3.8, 4) is 0 Å². The van der Waals surface area contributed by atoms with E-state index in [1.165, 1.54) is 161 Å². The highest BCUT2D eigenvalue weighted by molar-refractivity contribution is 5.76. The molecule has 0 aromatic carbocycles. The Kier molecular flexibility index (Phi) is 38.7. The van der Waals surface area contributed by atoms with Crippen molar-refractivity contribution in [1.82, 2.24) is 5.32 Å². The van der Waals surface area contributed by atoms with Gasteiger partial charge in [0.25, 0.3) is 0 Å². The number of unbranched alkanes of at least 4 members (excludes halogenated alkanes) is 27. The van der Waals surface area contributed by atoms with E-state index < -0.39 is 18.2 Å². The number of hydrogen-bond donors (Lipinski definition) is 4. The fourth-order valence-corrected chi connectivity index (χ4v) is 6.63. The Labute approximate surface area is 305 Å². The molecule has 5 nitrogen and oxygen atoms in total. The molecule has 0 saturated heterocycles. The maximum absolute atomic E-state index is 12.4. The van der Waals surface area contributed by atoms with Gasteiger partial charge >= 0.3 is 0 Å². The van der Waals surface area contributed by atoms with Crippen molar-refractivity contribution in [2.45, 2.75) is 244 Å². The first-order chi connectivity index (χ1) is 24.1. The molecule has 0 saturated carbocycles. The minimum atomic E-state index is -1.16. The maximum atomic E-state index is 12.4. The number of hydrogen-bond acceptors (Lipinski definition) is 4. The van der Waals surface area contributed by atoms with Crippen LogP contribution < -0.4 is 5.32 Å². The van der Waals surface area contributed by atoms with Gasteiger partial charge in [0, 0.05) is 6.42 Å². The summed E-state index contributed by atoms with van der Waals surface area (Å²) in [7, 11) is 0. The Morgan fingerprint density at radius 2 is 0.816 bits per heavy atom. The van der Waals surface area contributed by atoms with Crippen LogP contribution in [-0.2, 0) is 4.79 Å². The first kappa shape index (κ1) is 47.8. The molecule has 0 bridgehead atoms. The molecule has 0 aromatic rings. The van der Waals surface area contributed by atoms with Gasteiger partial charge in [0.2, 0.25) is 5.91 Å². The lowest BCUT2D eigenvalue weighted by Gasteiger charge is -2.26. The molecule has 0 fully saturated rings. The average Bonchev–Trinajstić information content (AvgIpc) is 3.10. The lowest BCUT2D eigenvalue weighted by Crippen LogP contribution is -2.50. The number of carbonyl (C=O) groups excluding carboxylic acids is 1. The minimum Gasteiger partial charge on any atom is -0.394 e. The zero-order chi connectivity index (χ0) is 35.9.